The van der Waals surface area contributed by atoms with Crippen molar-refractivity contribution in [2.45, 2.75) is 18.9 Å². The highest BCUT2D eigenvalue weighted by Gasteiger charge is 2.32. The first-order valence-corrected chi connectivity index (χ1v) is 13.1. The minimum atomic E-state index is -0.237. The second kappa shape index (κ2) is 9.71. The summed E-state index contributed by atoms with van der Waals surface area (Å²) in [6, 6.07) is 23.9. The molecule has 0 fully saturated rings. The van der Waals surface area contributed by atoms with Gasteiger partial charge in [0.15, 0.2) is 4.80 Å². The molecule has 3 aromatic carbocycles. The fraction of sp³-hybridized carbons (Fsp3) is 0.161. The largest absolute Gasteiger partial charge is 0.497 e. The van der Waals surface area contributed by atoms with Crippen LogP contribution in [0, 0.1) is 0 Å². The van der Waals surface area contributed by atoms with Crippen molar-refractivity contribution in [2.75, 3.05) is 13.7 Å². The lowest BCUT2D eigenvalue weighted by Gasteiger charge is -2.31. The van der Waals surface area contributed by atoms with Gasteiger partial charge in [-0.2, -0.15) is 0 Å². The van der Waals surface area contributed by atoms with Crippen LogP contribution >= 0.6 is 11.3 Å². The molecule has 0 N–H and O–H groups in total. The molecule has 6 heteroatoms. The molecule has 6 rings (SSSR count). The first kappa shape index (κ1) is 23.3. The molecule has 1 atom stereocenters. The Bertz CT molecular complexity index is 1730. The summed E-state index contributed by atoms with van der Waals surface area (Å²) in [5, 5.41) is 0. The maximum atomic E-state index is 13.9. The van der Waals surface area contributed by atoms with Crippen molar-refractivity contribution in [1.29, 1.82) is 0 Å². The molecule has 0 saturated carbocycles. The Hall–Kier alpha value is -4.16. The molecule has 1 aromatic heterocycles. The van der Waals surface area contributed by atoms with Gasteiger partial charge in [0, 0.05) is 5.56 Å². The molecule has 0 unspecified atom stereocenters. The zero-order valence-electron chi connectivity index (χ0n) is 20.5. The molecule has 0 amide bonds. The molecule has 37 heavy (non-hydrogen) atoms. The van der Waals surface area contributed by atoms with Crippen molar-refractivity contribution >= 4 is 23.1 Å². The van der Waals surface area contributed by atoms with Gasteiger partial charge < -0.3 is 9.47 Å². The first-order valence-electron chi connectivity index (χ1n) is 12.3. The zero-order chi connectivity index (χ0) is 25.4. The summed E-state index contributed by atoms with van der Waals surface area (Å²) in [5.41, 5.74) is 6.49. The summed E-state index contributed by atoms with van der Waals surface area (Å²) in [7, 11) is 1.67. The lowest BCUT2D eigenvalue weighted by molar-refractivity contribution is 0.363. The molecule has 1 aliphatic heterocycles. The third kappa shape index (κ3) is 4.23. The van der Waals surface area contributed by atoms with Crippen molar-refractivity contribution in [3.63, 3.8) is 0 Å². The molecule has 5 nitrogen and oxygen atoms in total. The van der Waals surface area contributed by atoms with Gasteiger partial charge in [-0.25, -0.2) is 4.99 Å². The van der Waals surface area contributed by atoms with E-state index in [4.69, 9.17) is 14.5 Å². The smallest absolute Gasteiger partial charge is 0.271 e. The molecular formula is C31H26N2O3S. The van der Waals surface area contributed by atoms with E-state index >= 15 is 0 Å². The van der Waals surface area contributed by atoms with Crippen LogP contribution in [0.15, 0.2) is 101 Å². The van der Waals surface area contributed by atoms with Gasteiger partial charge in [0.05, 0.1) is 23.4 Å². The van der Waals surface area contributed by atoms with Gasteiger partial charge in [0.1, 0.15) is 18.1 Å². The van der Waals surface area contributed by atoms with Crippen LogP contribution in [0.3, 0.4) is 0 Å². The molecule has 1 aliphatic carbocycles. The van der Waals surface area contributed by atoms with Crippen molar-refractivity contribution in [3.05, 3.63) is 133 Å². The number of allylic oxidation sites excluding steroid dienone is 1. The van der Waals surface area contributed by atoms with E-state index in [1.807, 2.05) is 53.1 Å². The minimum Gasteiger partial charge on any atom is -0.497 e. The van der Waals surface area contributed by atoms with Gasteiger partial charge in [0.2, 0.25) is 0 Å². The number of fused-ring (bicyclic) bond motifs is 3. The number of rotatable bonds is 6. The highest BCUT2D eigenvalue weighted by Crippen LogP contribution is 2.41. The summed E-state index contributed by atoms with van der Waals surface area (Å²) in [6.45, 7) is 4.13. The summed E-state index contributed by atoms with van der Waals surface area (Å²) in [4.78, 5) is 19.7. The van der Waals surface area contributed by atoms with Crippen LogP contribution in [0.1, 0.15) is 34.7 Å². The van der Waals surface area contributed by atoms with Crippen LogP contribution in [-0.2, 0) is 6.42 Å². The number of nitrogens with zero attached hydrogens (tertiary/aromatic N) is 2. The standard InChI is InChI=1S/C31H26N2O3S/c1-3-16-36-24-12-6-8-20(17-24)18-27-30(34)33-29(22-10-7-11-23(19-22)35-2)26-15-14-21-9-4-5-13-25(21)28(26)32-31(33)37-27/h3-13,17-19,29H,1,14-16H2,2H3/b27-18+/t29-/m1/s1. The van der Waals surface area contributed by atoms with Gasteiger partial charge in [-0.3, -0.25) is 9.36 Å². The molecule has 0 bridgehead atoms. The van der Waals surface area contributed by atoms with Crippen LogP contribution < -0.4 is 24.4 Å². The van der Waals surface area contributed by atoms with E-state index in [-0.39, 0.29) is 11.6 Å². The maximum Gasteiger partial charge on any atom is 0.271 e. The van der Waals surface area contributed by atoms with E-state index < -0.39 is 0 Å². The predicted molar refractivity (Wildman–Crippen MR) is 148 cm³/mol. The fourth-order valence-corrected chi connectivity index (χ4v) is 6.14. The molecule has 0 spiro atoms. The summed E-state index contributed by atoms with van der Waals surface area (Å²) >= 11 is 1.43. The number of aryl methyl sites for hydroxylation is 1. The average Bonchev–Trinajstić information content (AvgIpc) is 3.25. The van der Waals surface area contributed by atoms with Crippen molar-refractivity contribution < 1.29 is 9.47 Å². The van der Waals surface area contributed by atoms with Gasteiger partial charge in [-0.05, 0) is 65.4 Å². The molecule has 0 radical (unpaired) electrons. The molecule has 184 valence electrons. The van der Waals surface area contributed by atoms with E-state index in [9.17, 15) is 4.79 Å². The summed E-state index contributed by atoms with van der Waals surface area (Å²) in [5.74, 6) is 1.51. The van der Waals surface area contributed by atoms with Crippen molar-refractivity contribution in [2.24, 2.45) is 4.99 Å². The Balaban J connectivity index is 1.56. The van der Waals surface area contributed by atoms with Crippen LogP contribution in [0.25, 0.3) is 11.8 Å². The van der Waals surface area contributed by atoms with Crippen LogP contribution in [-0.4, -0.2) is 18.3 Å². The molecule has 2 aliphatic rings. The Morgan fingerprint density at radius 2 is 1.89 bits per heavy atom. The normalized spacial score (nSPS) is 16.4. The number of methoxy groups -OCH3 is 1. The van der Waals surface area contributed by atoms with Gasteiger partial charge >= 0.3 is 0 Å². The maximum absolute atomic E-state index is 13.9. The fourth-order valence-electron chi connectivity index (χ4n) is 5.13. The molecular weight excluding hydrogens is 480 g/mol. The summed E-state index contributed by atoms with van der Waals surface area (Å²) < 4.78 is 13.7. The first-order chi connectivity index (χ1) is 18.2. The Morgan fingerprint density at radius 1 is 1.05 bits per heavy atom. The van der Waals surface area contributed by atoms with Gasteiger partial charge in [-0.1, -0.05) is 72.5 Å². The third-order valence-electron chi connectivity index (χ3n) is 6.81. The molecule has 0 saturated heterocycles. The van der Waals surface area contributed by atoms with Crippen LogP contribution in [0.4, 0.5) is 0 Å². The second-order valence-corrected chi connectivity index (χ2v) is 10.1. The van der Waals surface area contributed by atoms with Crippen molar-refractivity contribution in [3.8, 4) is 11.5 Å². The van der Waals surface area contributed by atoms with Crippen LogP contribution in [0.2, 0.25) is 0 Å². The monoisotopic (exact) mass is 506 g/mol. The molecule has 4 aromatic rings. The second-order valence-electron chi connectivity index (χ2n) is 9.06. The number of thiazole rings is 1. The summed E-state index contributed by atoms with van der Waals surface area (Å²) in [6.07, 6.45) is 5.41. The van der Waals surface area contributed by atoms with Gasteiger partial charge in [0.25, 0.3) is 5.56 Å². The third-order valence-corrected chi connectivity index (χ3v) is 7.79. The Morgan fingerprint density at radius 3 is 2.76 bits per heavy atom. The number of hydrogen-bond donors (Lipinski definition) is 0. The van der Waals surface area contributed by atoms with Gasteiger partial charge in [-0.15, -0.1) is 0 Å². The number of ether oxygens (including phenoxy) is 2. The highest BCUT2D eigenvalue weighted by atomic mass is 32.1. The topological polar surface area (TPSA) is 52.8 Å². The highest BCUT2D eigenvalue weighted by molar-refractivity contribution is 7.07. The zero-order valence-corrected chi connectivity index (χ0v) is 21.3. The van der Waals surface area contributed by atoms with E-state index in [2.05, 4.69) is 36.9 Å². The average molecular weight is 507 g/mol. The number of hydrogen-bond acceptors (Lipinski definition) is 5. The number of aromatic nitrogens is 1. The van der Waals surface area contributed by atoms with E-state index in [0.717, 1.165) is 46.7 Å². The Kier molecular flexibility index (Phi) is 6.10. The molecule has 2 heterocycles. The van der Waals surface area contributed by atoms with Crippen LogP contribution in [0.5, 0.6) is 11.5 Å². The minimum absolute atomic E-state index is 0.0422. The number of benzene rings is 3. The lowest BCUT2D eigenvalue weighted by atomic mass is 9.83. The Labute approximate surface area is 219 Å². The van der Waals surface area contributed by atoms with E-state index in [1.54, 1.807) is 13.2 Å². The predicted octanol–water partition coefficient (Wildman–Crippen LogP) is 4.89. The van der Waals surface area contributed by atoms with E-state index in [0.29, 0.717) is 15.9 Å². The lowest BCUT2D eigenvalue weighted by Crippen LogP contribution is -2.38. The van der Waals surface area contributed by atoms with E-state index in [1.165, 1.54) is 22.5 Å². The van der Waals surface area contributed by atoms with Crippen molar-refractivity contribution in [1.82, 2.24) is 4.57 Å². The SMILES string of the molecule is C=CCOc1cccc(/C=c2/sc3n(c2=O)[C@H](c2cccc(OC)c2)C2=C(N=3)c3ccccc3CC2)c1. The quantitative estimate of drug-likeness (QED) is 0.350.